The van der Waals surface area contributed by atoms with Gasteiger partial charge in [0.15, 0.2) is 0 Å². The van der Waals surface area contributed by atoms with Gasteiger partial charge in [0.1, 0.15) is 5.76 Å². The summed E-state index contributed by atoms with van der Waals surface area (Å²) in [6, 6.07) is 0. The highest BCUT2D eigenvalue weighted by Crippen LogP contribution is 2.49. The predicted molar refractivity (Wildman–Crippen MR) is 175 cm³/mol. The average molecular weight is 589 g/mol. The van der Waals surface area contributed by atoms with Crippen LogP contribution in [-0.4, -0.2) is 35.3 Å². The molecule has 0 spiro atoms. The molecule has 5 heterocycles. The molecular formula is C37H40N4O3. The summed E-state index contributed by atoms with van der Waals surface area (Å²) in [6.07, 6.45) is 8.74. The number of aliphatic imine (C=N–C) groups is 3. The smallest absolute Gasteiger partial charge is 0.305 e. The third-order valence-electron chi connectivity index (χ3n) is 10.5. The van der Waals surface area contributed by atoms with Gasteiger partial charge in [-0.05, 0) is 81.2 Å². The lowest BCUT2D eigenvalue weighted by atomic mass is 9.84. The minimum absolute atomic E-state index is 0.0241. The molecule has 5 aliphatic heterocycles. The van der Waals surface area contributed by atoms with Gasteiger partial charge >= 0.3 is 5.97 Å². The largest absolute Gasteiger partial charge is 0.511 e. The Morgan fingerprint density at radius 2 is 1.75 bits per heavy atom. The summed E-state index contributed by atoms with van der Waals surface area (Å²) in [5, 5.41) is 15.1. The van der Waals surface area contributed by atoms with Gasteiger partial charge in [0, 0.05) is 63.9 Å². The third-order valence-corrected chi connectivity index (χ3v) is 10.5. The number of aliphatic hydroxyl groups is 1. The van der Waals surface area contributed by atoms with Crippen LogP contribution < -0.4 is 5.32 Å². The van der Waals surface area contributed by atoms with Crippen LogP contribution in [0.3, 0.4) is 0 Å². The molecular weight excluding hydrogens is 548 g/mol. The number of ether oxygens (including phenoxy) is 1. The predicted octanol–water partition coefficient (Wildman–Crippen LogP) is 7.72. The first-order valence-corrected chi connectivity index (χ1v) is 15.9. The number of nitrogens with zero attached hydrogens (tertiary/aromatic N) is 3. The number of allylic oxidation sites excluding steroid dienone is 13. The van der Waals surface area contributed by atoms with E-state index in [0.717, 1.165) is 87.2 Å². The molecule has 7 aliphatic rings. The second-order valence-corrected chi connectivity index (χ2v) is 12.7. The Balaban J connectivity index is 1.52. The van der Waals surface area contributed by atoms with Crippen molar-refractivity contribution in [3.05, 3.63) is 103 Å². The first-order valence-electron chi connectivity index (χ1n) is 15.9. The Labute approximate surface area is 259 Å². The van der Waals surface area contributed by atoms with E-state index in [1.54, 1.807) is 0 Å². The Morgan fingerprint density at radius 3 is 2.48 bits per heavy atom. The number of carbonyl (C=O) groups excluding carboxylic acids is 1. The Hall–Kier alpha value is -4.26. The van der Waals surface area contributed by atoms with Gasteiger partial charge in [-0.3, -0.25) is 4.79 Å². The molecule has 2 aliphatic carbocycles. The average Bonchev–Trinajstić information content (AvgIpc) is 3.84. The zero-order valence-electron chi connectivity index (χ0n) is 26.6. The molecule has 0 aromatic carbocycles. The highest BCUT2D eigenvalue weighted by Gasteiger charge is 2.42. The topological polar surface area (TPSA) is 95.6 Å². The van der Waals surface area contributed by atoms with Crippen molar-refractivity contribution in [1.29, 1.82) is 0 Å². The number of nitrogens with one attached hydrogen (secondary N) is 1. The maximum atomic E-state index is 12.3. The zero-order chi connectivity index (χ0) is 31.0. The summed E-state index contributed by atoms with van der Waals surface area (Å²) in [5.74, 6) is 0.219. The molecule has 0 amide bonds. The van der Waals surface area contributed by atoms with Gasteiger partial charge in [0.05, 0.1) is 41.3 Å². The Morgan fingerprint density at radius 1 is 1.00 bits per heavy atom. The summed E-state index contributed by atoms with van der Waals surface area (Å²) in [7, 11) is 1.44. The van der Waals surface area contributed by atoms with Crippen LogP contribution in [-0.2, 0) is 9.53 Å². The lowest BCUT2D eigenvalue weighted by Crippen LogP contribution is -2.16. The molecule has 1 saturated heterocycles. The van der Waals surface area contributed by atoms with Crippen LogP contribution in [0.5, 0.6) is 0 Å². The number of methoxy groups -OCH3 is 1. The molecule has 44 heavy (non-hydrogen) atoms. The van der Waals surface area contributed by atoms with E-state index in [2.05, 4.69) is 46.5 Å². The number of aliphatic hydroxyl groups excluding tert-OH is 1. The highest BCUT2D eigenvalue weighted by atomic mass is 16.5. The van der Waals surface area contributed by atoms with Crippen molar-refractivity contribution >= 4 is 23.1 Å². The molecule has 2 atom stereocenters. The van der Waals surface area contributed by atoms with Gasteiger partial charge in [0.2, 0.25) is 0 Å². The van der Waals surface area contributed by atoms with Gasteiger partial charge in [-0.15, -0.1) is 6.58 Å². The molecule has 8 bridgehead atoms. The first-order chi connectivity index (χ1) is 21.2. The van der Waals surface area contributed by atoms with Crippen molar-refractivity contribution in [2.75, 3.05) is 7.11 Å². The van der Waals surface area contributed by atoms with Crippen LogP contribution in [0.4, 0.5) is 0 Å². The van der Waals surface area contributed by atoms with E-state index in [-0.39, 0.29) is 17.8 Å². The van der Waals surface area contributed by atoms with Crippen LogP contribution >= 0.6 is 0 Å². The van der Waals surface area contributed by atoms with Crippen LogP contribution in [0.25, 0.3) is 0 Å². The van der Waals surface area contributed by atoms with E-state index in [0.29, 0.717) is 31.4 Å². The molecule has 0 aromatic heterocycles. The quantitative estimate of drug-likeness (QED) is 0.245. The first kappa shape index (κ1) is 28.5. The molecule has 1 fully saturated rings. The van der Waals surface area contributed by atoms with Crippen molar-refractivity contribution in [1.82, 2.24) is 5.32 Å². The van der Waals surface area contributed by atoms with E-state index >= 15 is 0 Å². The molecule has 0 saturated carbocycles. The zero-order valence-corrected chi connectivity index (χ0v) is 26.6. The van der Waals surface area contributed by atoms with Crippen LogP contribution in [0, 0.1) is 11.8 Å². The summed E-state index contributed by atoms with van der Waals surface area (Å²) in [4.78, 5) is 28.2. The summed E-state index contributed by atoms with van der Waals surface area (Å²) >= 11 is 0. The van der Waals surface area contributed by atoms with Crippen molar-refractivity contribution in [2.24, 2.45) is 26.8 Å². The second-order valence-electron chi connectivity index (χ2n) is 12.7. The molecule has 7 heteroatoms. The van der Waals surface area contributed by atoms with Crippen molar-refractivity contribution in [3.8, 4) is 0 Å². The van der Waals surface area contributed by atoms with Crippen LogP contribution in [0.1, 0.15) is 79.6 Å². The minimum atomic E-state index is -0.222. The number of fused-ring (bicyclic) bond motifs is 5. The fraction of sp³-hybridized carbons (Fsp3) is 0.405. The van der Waals surface area contributed by atoms with E-state index in [1.165, 1.54) is 35.0 Å². The normalized spacial score (nSPS) is 25.5. The molecule has 2 N–H and O–H groups in total. The van der Waals surface area contributed by atoms with Gasteiger partial charge in [-0.2, -0.15) is 0 Å². The van der Waals surface area contributed by atoms with Crippen LogP contribution in [0.2, 0.25) is 0 Å². The van der Waals surface area contributed by atoms with E-state index in [9.17, 15) is 9.90 Å². The Kier molecular flexibility index (Phi) is 6.76. The fourth-order valence-electron chi connectivity index (χ4n) is 8.10. The fourth-order valence-corrected chi connectivity index (χ4v) is 8.10. The van der Waals surface area contributed by atoms with E-state index < -0.39 is 0 Å². The molecule has 226 valence electrons. The molecule has 7 nitrogen and oxygen atoms in total. The maximum absolute atomic E-state index is 12.3. The molecule has 0 radical (unpaired) electrons. The number of rotatable bonds is 6. The number of esters is 1. The SMILES string of the molecule is C=CCC1=C2NC(=C3CC(O)=C4C=C(N=C43)C(C)=C3N=C(C(C)=C3CC)C3=C4N=C1C(C)=C4CC3)[C@@H](CCC(=O)OC)[C@@H]2C. The molecule has 7 rings (SSSR count). The molecule has 0 unspecified atom stereocenters. The number of hydrogen-bond donors (Lipinski definition) is 2. The van der Waals surface area contributed by atoms with Crippen LogP contribution in [0.15, 0.2) is 118 Å². The van der Waals surface area contributed by atoms with Crippen molar-refractivity contribution in [3.63, 3.8) is 0 Å². The summed E-state index contributed by atoms with van der Waals surface area (Å²) in [5.41, 5.74) is 18.1. The van der Waals surface area contributed by atoms with E-state index in [4.69, 9.17) is 19.7 Å². The standard InChI is InChI=1S/C37H40N4O3/c1-8-10-24-32-18(4)22-11-12-25(35(22)40-32)31-17(3)21(9-2)34(39-31)20(6)28-15-26-29(42)16-27(37(26)38-28)36-23(13-14-30(43)44-7)19(5)33(24)41-36/h8,15,19,23,41-42H,1,9-14,16H2,2-7H3/t19-,23-/m0/s1. The van der Waals surface area contributed by atoms with Crippen molar-refractivity contribution < 1.29 is 14.6 Å². The highest BCUT2D eigenvalue weighted by molar-refractivity contribution is 6.22. The minimum Gasteiger partial charge on any atom is -0.511 e. The summed E-state index contributed by atoms with van der Waals surface area (Å²) < 4.78 is 5.03. The lowest BCUT2D eigenvalue weighted by molar-refractivity contribution is -0.140. The lowest BCUT2D eigenvalue weighted by Gasteiger charge is -2.18. The number of carbonyl (C=O) groups is 1. The van der Waals surface area contributed by atoms with Gasteiger partial charge < -0.3 is 15.2 Å². The van der Waals surface area contributed by atoms with Gasteiger partial charge in [-0.1, -0.05) is 19.9 Å². The summed E-state index contributed by atoms with van der Waals surface area (Å²) in [6.45, 7) is 15.0. The van der Waals surface area contributed by atoms with Crippen molar-refractivity contribution in [2.45, 2.75) is 79.6 Å². The van der Waals surface area contributed by atoms with E-state index in [1.807, 2.05) is 12.2 Å². The maximum Gasteiger partial charge on any atom is 0.305 e. The number of hydrogen-bond acceptors (Lipinski definition) is 7. The van der Waals surface area contributed by atoms with Gasteiger partial charge in [0.25, 0.3) is 0 Å². The molecule has 0 aromatic rings. The second kappa shape index (κ2) is 10.4. The Bertz CT molecular complexity index is 1830. The monoisotopic (exact) mass is 588 g/mol. The third kappa shape index (κ3) is 4.01. The van der Waals surface area contributed by atoms with Gasteiger partial charge in [-0.25, -0.2) is 15.0 Å².